The summed E-state index contributed by atoms with van der Waals surface area (Å²) in [5, 5.41) is 19.0. The average Bonchev–Trinajstić information content (AvgIpc) is 2.81. The van der Waals surface area contributed by atoms with E-state index in [0.717, 1.165) is 25.7 Å². The summed E-state index contributed by atoms with van der Waals surface area (Å²) in [6, 6.07) is 8.63. The van der Waals surface area contributed by atoms with Crippen molar-refractivity contribution in [3.8, 4) is 0 Å². The number of rotatable bonds is 12. The lowest BCUT2D eigenvalue weighted by Gasteiger charge is -2.30. The van der Waals surface area contributed by atoms with Crippen LogP contribution in [0.3, 0.4) is 0 Å². The van der Waals surface area contributed by atoms with Crippen molar-refractivity contribution in [1.82, 2.24) is 0 Å². The van der Waals surface area contributed by atoms with Gasteiger partial charge in [0, 0.05) is 20.6 Å². The SMILES string of the molecule is CC1(C)C=C(CCCC(C)(C)C(=O)O)SC(c2ccccc2C2=CC(C)(C)C=C(CCCC(C)(C)C(=O)O)S2)=C1. The lowest BCUT2D eigenvalue weighted by Crippen LogP contribution is -2.23. The van der Waals surface area contributed by atoms with Gasteiger partial charge in [0.1, 0.15) is 0 Å². The Morgan fingerprint density at radius 1 is 0.675 bits per heavy atom. The van der Waals surface area contributed by atoms with E-state index in [9.17, 15) is 19.8 Å². The second-order valence-electron chi connectivity index (χ2n) is 13.7. The molecule has 2 aliphatic heterocycles. The summed E-state index contributed by atoms with van der Waals surface area (Å²) >= 11 is 3.62. The van der Waals surface area contributed by atoms with Crippen molar-refractivity contribution in [3.05, 3.63) is 69.5 Å². The number of hydrogen-bond acceptors (Lipinski definition) is 4. The van der Waals surface area contributed by atoms with Gasteiger partial charge >= 0.3 is 11.9 Å². The Kier molecular flexibility index (Phi) is 9.99. The molecule has 4 nitrogen and oxygen atoms in total. The van der Waals surface area contributed by atoms with E-state index in [2.05, 4.69) is 76.3 Å². The zero-order valence-corrected chi connectivity index (χ0v) is 27.0. The predicted octanol–water partition coefficient (Wildman–Crippen LogP) is 10.2. The Bertz CT molecular complexity index is 1160. The number of allylic oxidation sites excluding steroid dienone is 6. The molecule has 2 heterocycles. The first-order valence-electron chi connectivity index (χ1n) is 14.2. The highest BCUT2D eigenvalue weighted by molar-refractivity contribution is 8.12. The summed E-state index contributed by atoms with van der Waals surface area (Å²) in [5.41, 5.74) is 0.820. The van der Waals surface area contributed by atoms with Crippen LogP contribution in [0.2, 0.25) is 0 Å². The highest BCUT2D eigenvalue weighted by atomic mass is 32.2. The Balaban J connectivity index is 1.81. The van der Waals surface area contributed by atoms with Gasteiger partial charge in [-0.2, -0.15) is 0 Å². The van der Waals surface area contributed by atoms with Gasteiger partial charge in [0.2, 0.25) is 0 Å². The first-order chi connectivity index (χ1) is 18.4. The maximum Gasteiger partial charge on any atom is 0.309 e. The van der Waals surface area contributed by atoms with Crippen molar-refractivity contribution in [2.45, 2.75) is 93.9 Å². The number of benzene rings is 1. The monoisotopic (exact) mass is 582 g/mol. The number of carboxylic acids is 2. The summed E-state index contributed by atoms with van der Waals surface area (Å²) in [7, 11) is 0. The molecule has 218 valence electrons. The van der Waals surface area contributed by atoms with Crippen LogP contribution >= 0.6 is 23.5 Å². The Morgan fingerprint density at radius 3 is 1.35 bits per heavy atom. The third kappa shape index (κ3) is 8.66. The van der Waals surface area contributed by atoms with E-state index in [0.29, 0.717) is 12.8 Å². The van der Waals surface area contributed by atoms with Crippen LogP contribution in [0.5, 0.6) is 0 Å². The van der Waals surface area contributed by atoms with E-state index in [-0.39, 0.29) is 10.8 Å². The van der Waals surface area contributed by atoms with Gasteiger partial charge in [-0.25, -0.2) is 0 Å². The maximum atomic E-state index is 11.6. The van der Waals surface area contributed by atoms with E-state index < -0.39 is 22.8 Å². The third-order valence-electron chi connectivity index (χ3n) is 7.62. The highest BCUT2D eigenvalue weighted by Gasteiger charge is 2.30. The molecule has 0 bridgehead atoms. The Hall–Kier alpha value is -2.18. The molecule has 0 saturated heterocycles. The van der Waals surface area contributed by atoms with Crippen molar-refractivity contribution >= 4 is 45.3 Å². The molecular weight excluding hydrogens is 537 g/mol. The smallest absolute Gasteiger partial charge is 0.309 e. The fraction of sp³-hybridized carbons (Fsp3) is 0.529. The third-order valence-corrected chi connectivity index (χ3v) is 9.90. The number of hydrogen-bond donors (Lipinski definition) is 2. The van der Waals surface area contributed by atoms with Crippen LogP contribution in [0.15, 0.2) is 58.4 Å². The first kappa shape index (κ1) is 32.3. The molecule has 2 N–H and O–H groups in total. The molecular formula is C34H46O4S2. The van der Waals surface area contributed by atoms with Gasteiger partial charge in [-0.15, -0.1) is 0 Å². The van der Waals surface area contributed by atoms with Gasteiger partial charge in [-0.3, -0.25) is 9.59 Å². The fourth-order valence-electron chi connectivity index (χ4n) is 5.04. The van der Waals surface area contributed by atoms with Crippen LogP contribution in [0, 0.1) is 21.7 Å². The molecule has 1 aromatic rings. The summed E-state index contributed by atoms with van der Waals surface area (Å²) in [5.74, 6) is -1.49. The van der Waals surface area contributed by atoms with Crippen LogP contribution < -0.4 is 0 Å². The lowest BCUT2D eigenvalue weighted by atomic mass is 9.86. The Labute approximate surface area is 249 Å². The molecule has 0 saturated carbocycles. The normalized spacial score (nSPS) is 18.8. The van der Waals surface area contributed by atoms with Gasteiger partial charge in [0.15, 0.2) is 0 Å². The quantitative estimate of drug-likeness (QED) is 0.255. The number of aliphatic carboxylic acids is 2. The standard InChI is InChI=1S/C34H46O4S2/c1-31(2)19-23(13-11-17-33(5,6)29(35)36)39-27(21-31)25-15-9-10-16-26(25)28-22-32(3,4)20-24(40-28)14-12-18-34(7,8)30(37)38/h9-10,15-16,19-22H,11-14,17-18H2,1-8H3,(H,35,36)(H,37,38). The molecule has 2 aliphatic rings. The summed E-state index contributed by atoms with van der Waals surface area (Å²) in [6.45, 7) is 16.1. The minimum Gasteiger partial charge on any atom is -0.481 e. The minimum atomic E-state index is -0.743. The van der Waals surface area contributed by atoms with Crippen molar-refractivity contribution in [3.63, 3.8) is 0 Å². The largest absolute Gasteiger partial charge is 0.481 e. The number of thioether (sulfide) groups is 2. The Morgan fingerprint density at radius 2 is 1.02 bits per heavy atom. The average molecular weight is 583 g/mol. The van der Waals surface area contributed by atoms with E-state index in [1.54, 1.807) is 27.7 Å². The zero-order chi connectivity index (χ0) is 29.9. The van der Waals surface area contributed by atoms with Crippen LogP contribution in [0.25, 0.3) is 9.81 Å². The first-order valence-corrected chi connectivity index (χ1v) is 15.9. The molecule has 6 heteroatoms. The summed E-state index contributed by atoms with van der Waals surface area (Å²) in [4.78, 5) is 28.2. The molecule has 1 aromatic carbocycles. The van der Waals surface area contributed by atoms with Crippen molar-refractivity contribution < 1.29 is 19.8 Å². The number of carbonyl (C=O) groups is 2. The van der Waals surface area contributed by atoms with Gasteiger partial charge < -0.3 is 10.2 Å². The topological polar surface area (TPSA) is 74.6 Å². The van der Waals surface area contributed by atoms with Gasteiger partial charge in [-0.05, 0) is 87.2 Å². The van der Waals surface area contributed by atoms with E-state index >= 15 is 0 Å². The molecule has 0 aliphatic carbocycles. The van der Waals surface area contributed by atoms with Crippen LogP contribution in [-0.2, 0) is 9.59 Å². The summed E-state index contributed by atoms with van der Waals surface area (Å²) < 4.78 is 0. The zero-order valence-electron chi connectivity index (χ0n) is 25.4. The second kappa shape index (κ2) is 12.4. The van der Waals surface area contributed by atoms with Gasteiger partial charge in [-0.1, -0.05) is 99.8 Å². The fourth-order valence-corrected chi connectivity index (χ4v) is 8.12. The van der Waals surface area contributed by atoms with E-state index in [1.165, 1.54) is 30.7 Å². The molecule has 0 unspecified atom stereocenters. The van der Waals surface area contributed by atoms with Crippen LogP contribution in [0.1, 0.15) is 105 Å². The minimum absolute atomic E-state index is 0.0965. The highest BCUT2D eigenvalue weighted by Crippen LogP contribution is 2.51. The van der Waals surface area contributed by atoms with Gasteiger partial charge in [0.05, 0.1) is 10.8 Å². The molecule has 0 radical (unpaired) electrons. The van der Waals surface area contributed by atoms with Crippen molar-refractivity contribution in [1.29, 1.82) is 0 Å². The molecule has 0 amide bonds. The van der Waals surface area contributed by atoms with E-state index in [4.69, 9.17) is 0 Å². The van der Waals surface area contributed by atoms with Crippen molar-refractivity contribution in [2.24, 2.45) is 21.7 Å². The van der Waals surface area contributed by atoms with Gasteiger partial charge in [0.25, 0.3) is 0 Å². The summed E-state index contributed by atoms with van der Waals surface area (Å²) in [6.07, 6.45) is 14.1. The molecule has 0 spiro atoms. The second-order valence-corrected chi connectivity index (χ2v) is 16.1. The van der Waals surface area contributed by atoms with E-state index in [1.807, 2.05) is 23.5 Å². The van der Waals surface area contributed by atoms with Crippen LogP contribution in [0.4, 0.5) is 0 Å². The van der Waals surface area contributed by atoms with Crippen molar-refractivity contribution in [2.75, 3.05) is 0 Å². The lowest BCUT2D eigenvalue weighted by molar-refractivity contribution is -0.148. The molecule has 0 atom stereocenters. The maximum absolute atomic E-state index is 11.6. The predicted molar refractivity (Wildman–Crippen MR) is 172 cm³/mol. The molecule has 3 rings (SSSR count). The van der Waals surface area contributed by atoms with Crippen LogP contribution in [-0.4, -0.2) is 22.2 Å². The molecule has 0 aromatic heterocycles. The number of carboxylic acid groups (broad SMARTS) is 2. The molecule has 0 fully saturated rings. The molecule has 40 heavy (non-hydrogen) atoms.